The van der Waals surface area contributed by atoms with Crippen LogP contribution < -0.4 is 4.72 Å². The minimum Gasteiger partial charge on any atom is -0.302 e. The van der Waals surface area contributed by atoms with Gasteiger partial charge in [-0.15, -0.1) is 0 Å². The molecule has 1 aromatic carbocycles. The molecule has 1 N–H and O–H groups in total. The number of hydrogen-bond acceptors (Lipinski definition) is 4. The van der Waals surface area contributed by atoms with Gasteiger partial charge in [0.05, 0.1) is 0 Å². The molecule has 0 amide bonds. The number of rotatable bonds is 3. The normalized spacial score (nSPS) is 28.3. The number of nitriles is 1. The van der Waals surface area contributed by atoms with Crippen LogP contribution in [0.1, 0.15) is 18.4 Å². The second-order valence-electron chi connectivity index (χ2n) is 5.59. The highest BCUT2D eigenvalue weighted by molar-refractivity contribution is 7.89. The molecule has 1 atom stereocenters. The first-order valence-corrected chi connectivity index (χ1v) is 8.43. The largest absolute Gasteiger partial charge is 0.302 e. The summed E-state index contributed by atoms with van der Waals surface area (Å²) >= 11 is 0. The summed E-state index contributed by atoms with van der Waals surface area (Å²) in [5.41, 5.74) is -0.425. The summed E-state index contributed by atoms with van der Waals surface area (Å²) in [6.45, 7) is 2.69. The molecule has 1 aromatic rings. The van der Waals surface area contributed by atoms with Gasteiger partial charge in [0, 0.05) is 12.6 Å². The molecule has 3 aliphatic heterocycles. The van der Waals surface area contributed by atoms with Gasteiger partial charge in [0.1, 0.15) is 22.3 Å². The average molecular weight is 309 g/mol. The molecule has 0 spiro atoms. The lowest BCUT2D eigenvalue weighted by atomic mass is 9.85. The van der Waals surface area contributed by atoms with E-state index in [1.807, 2.05) is 0 Å². The summed E-state index contributed by atoms with van der Waals surface area (Å²) in [5, 5.41) is 8.98. The topological polar surface area (TPSA) is 73.2 Å². The Bertz CT molecular complexity index is 691. The van der Waals surface area contributed by atoms with E-state index in [1.54, 1.807) is 6.07 Å². The number of nitrogens with zero attached hydrogens (tertiary/aromatic N) is 2. The third kappa shape index (κ3) is 2.67. The summed E-state index contributed by atoms with van der Waals surface area (Å²) in [4.78, 5) is 1.95. The van der Waals surface area contributed by atoms with Crippen LogP contribution in [0.4, 0.5) is 4.39 Å². The number of hydrogen-bond donors (Lipinski definition) is 1. The van der Waals surface area contributed by atoms with E-state index in [9.17, 15) is 12.8 Å². The Hall–Kier alpha value is -1.49. The van der Waals surface area contributed by atoms with E-state index in [1.165, 1.54) is 12.1 Å². The highest BCUT2D eigenvalue weighted by Gasteiger charge is 2.37. The Morgan fingerprint density at radius 1 is 1.33 bits per heavy atom. The Morgan fingerprint density at radius 2 is 2.05 bits per heavy atom. The minimum absolute atomic E-state index is 0.160. The van der Waals surface area contributed by atoms with Crippen molar-refractivity contribution in [3.8, 4) is 6.07 Å². The third-order valence-corrected chi connectivity index (χ3v) is 5.87. The van der Waals surface area contributed by atoms with Gasteiger partial charge in [-0.25, -0.2) is 17.5 Å². The number of fused-ring (bicyclic) bond motifs is 3. The van der Waals surface area contributed by atoms with Gasteiger partial charge in [-0.3, -0.25) is 0 Å². The molecule has 3 heterocycles. The molecule has 0 aliphatic carbocycles. The van der Waals surface area contributed by atoms with Gasteiger partial charge in [0.15, 0.2) is 0 Å². The van der Waals surface area contributed by atoms with Crippen molar-refractivity contribution in [2.45, 2.75) is 23.8 Å². The molecule has 3 aliphatic rings. The summed E-state index contributed by atoms with van der Waals surface area (Å²) in [5.74, 6) is -0.488. The molecule has 1 unspecified atom stereocenters. The zero-order valence-electron chi connectivity index (χ0n) is 11.4. The molecule has 112 valence electrons. The lowest BCUT2D eigenvalue weighted by Gasteiger charge is -2.44. The first-order chi connectivity index (χ1) is 10.0. The van der Waals surface area contributed by atoms with Crippen LogP contribution >= 0.6 is 0 Å². The summed E-state index contributed by atoms with van der Waals surface area (Å²) < 4.78 is 41.2. The second kappa shape index (κ2) is 5.37. The van der Waals surface area contributed by atoms with Crippen molar-refractivity contribution in [3.63, 3.8) is 0 Å². The first-order valence-electron chi connectivity index (χ1n) is 6.94. The molecule has 2 bridgehead atoms. The van der Waals surface area contributed by atoms with Crippen LogP contribution in [0.5, 0.6) is 0 Å². The van der Waals surface area contributed by atoms with E-state index in [0.29, 0.717) is 12.5 Å². The number of halogens is 1. The Balaban J connectivity index is 1.88. The fraction of sp³-hybridized carbons (Fsp3) is 0.500. The standard InChI is InChI=1S/C14H16FN3O2S/c15-12-2-1-3-14(11(12)8-16)21(19,20)17-13-9-18-6-4-10(13)5-7-18/h1-3,10,13,17H,4-7,9H2. The maximum absolute atomic E-state index is 13.6. The number of nitrogens with one attached hydrogen (secondary N) is 1. The number of benzene rings is 1. The molecule has 5 nitrogen and oxygen atoms in total. The van der Waals surface area contributed by atoms with Crippen molar-refractivity contribution in [3.05, 3.63) is 29.6 Å². The van der Waals surface area contributed by atoms with Crippen LogP contribution in [-0.4, -0.2) is 39.0 Å². The maximum Gasteiger partial charge on any atom is 0.242 e. The number of piperidine rings is 3. The van der Waals surface area contributed by atoms with Crippen LogP contribution in [0, 0.1) is 23.1 Å². The highest BCUT2D eigenvalue weighted by Crippen LogP contribution is 2.29. The third-order valence-electron chi connectivity index (χ3n) is 4.34. The lowest BCUT2D eigenvalue weighted by molar-refractivity contribution is 0.0827. The van der Waals surface area contributed by atoms with Crippen molar-refractivity contribution >= 4 is 10.0 Å². The molecule has 21 heavy (non-hydrogen) atoms. The molecule has 0 saturated carbocycles. The Labute approximate surface area is 123 Å². The second-order valence-corrected chi connectivity index (χ2v) is 7.27. The van der Waals surface area contributed by atoms with Crippen molar-refractivity contribution in [1.82, 2.24) is 9.62 Å². The van der Waals surface area contributed by atoms with E-state index in [0.717, 1.165) is 32.0 Å². The van der Waals surface area contributed by atoms with Gasteiger partial charge >= 0.3 is 0 Å². The summed E-state index contributed by atoms with van der Waals surface area (Å²) in [6, 6.07) is 5.14. The van der Waals surface area contributed by atoms with Crippen molar-refractivity contribution in [2.75, 3.05) is 19.6 Å². The lowest BCUT2D eigenvalue weighted by Crippen LogP contribution is -2.57. The van der Waals surface area contributed by atoms with Gasteiger partial charge in [-0.05, 0) is 44.0 Å². The van der Waals surface area contributed by atoms with Gasteiger partial charge in [-0.1, -0.05) is 6.07 Å². The predicted molar refractivity (Wildman–Crippen MR) is 74.4 cm³/mol. The molecular weight excluding hydrogens is 293 g/mol. The predicted octanol–water partition coefficient (Wildman–Crippen LogP) is 1.07. The van der Waals surface area contributed by atoms with Crippen LogP contribution in [-0.2, 0) is 10.0 Å². The maximum atomic E-state index is 13.6. The van der Waals surface area contributed by atoms with Gasteiger partial charge in [0.2, 0.25) is 10.0 Å². The van der Waals surface area contributed by atoms with Crippen molar-refractivity contribution in [1.29, 1.82) is 5.26 Å². The van der Waals surface area contributed by atoms with Gasteiger partial charge in [-0.2, -0.15) is 5.26 Å². The summed E-state index contributed by atoms with van der Waals surface area (Å²) in [7, 11) is -3.89. The highest BCUT2D eigenvalue weighted by atomic mass is 32.2. The molecule has 0 aromatic heterocycles. The number of sulfonamides is 1. The SMILES string of the molecule is N#Cc1c(F)cccc1S(=O)(=O)NC1CN2CCC1CC2. The van der Waals surface area contributed by atoms with E-state index < -0.39 is 21.4 Å². The van der Waals surface area contributed by atoms with Crippen LogP contribution in [0.15, 0.2) is 23.1 Å². The Morgan fingerprint density at radius 3 is 2.62 bits per heavy atom. The van der Waals surface area contributed by atoms with Crippen molar-refractivity contribution < 1.29 is 12.8 Å². The molecule has 7 heteroatoms. The fourth-order valence-electron chi connectivity index (χ4n) is 3.20. The minimum atomic E-state index is -3.89. The van der Waals surface area contributed by atoms with E-state index >= 15 is 0 Å². The zero-order chi connectivity index (χ0) is 15.0. The van der Waals surface area contributed by atoms with Gasteiger partial charge in [0.25, 0.3) is 0 Å². The zero-order valence-corrected chi connectivity index (χ0v) is 12.2. The molecule has 3 fully saturated rings. The van der Waals surface area contributed by atoms with Gasteiger partial charge < -0.3 is 4.90 Å². The monoisotopic (exact) mass is 309 g/mol. The quantitative estimate of drug-likeness (QED) is 0.906. The molecule has 4 rings (SSSR count). The van der Waals surface area contributed by atoms with Crippen LogP contribution in [0.2, 0.25) is 0 Å². The average Bonchev–Trinajstić information content (AvgIpc) is 2.47. The molecular formula is C14H16FN3O2S. The fourth-order valence-corrected chi connectivity index (χ4v) is 4.66. The van der Waals surface area contributed by atoms with Crippen LogP contribution in [0.3, 0.4) is 0 Å². The summed E-state index contributed by atoms with van der Waals surface area (Å²) in [6.07, 6.45) is 1.95. The van der Waals surface area contributed by atoms with Crippen LogP contribution in [0.25, 0.3) is 0 Å². The smallest absolute Gasteiger partial charge is 0.242 e. The Kier molecular flexibility index (Phi) is 3.69. The van der Waals surface area contributed by atoms with E-state index in [-0.39, 0.29) is 10.9 Å². The molecule has 0 radical (unpaired) electrons. The van der Waals surface area contributed by atoms with Crippen molar-refractivity contribution in [2.24, 2.45) is 5.92 Å². The van der Waals surface area contributed by atoms with E-state index in [4.69, 9.17) is 5.26 Å². The molecule has 3 saturated heterocycles. The first kappa shape index (κ1) is 14.4. The van der Waals surface area contributed by atoms with E-state index in [2.05, 4.69) is 9.62 Å².